The van der Waals surface area contributed by atoms with Crippen molar-refractivity contribution < 1.29 is 17.7 Å². The second kappa shape index (κ2) is 7.52. The van der Waals surface area contributed by atoms with Gasteiger partial charge in [-0.2, -0.15) is 18.2 Å². The normalized spacial score (nSPS) is 13.0. The maximum Gasteiger partial charge on any atom is 0.417 e. The highest BCUT2D eigenvalue weighted by Gasteiger charge is 2.33. The van der Waals surface area contributed by atoms with E-state index in [2.05, 4.69) is 15.5 Å². The minimum atomic E-state index is -4.41. The summed E-state index contributed by atoms with van der Waals surface area (Å²) < 4.78 is 45.2. The van der Waals surface area contributed by atoms with Crippen LogP contribution in [0.3, 0.4) is 0 Å². The zero-order chi connectivity index (χ0) is 19.6. The fourth-order valence-corrected chi connectivity index (χ4v) is 2.89. The summed E-state index contributed by atoms with van der Waals surface area (Å²) in [5.41, 5.74) is 1.41. The van der Waals surface area contributed by atoms with Gasteiger partial charge in [-0.3, -0.25) is 0 Å². The SMILES string of the molecule is CNC(C)Cc1noc(-c2ccc(-c3ccccc3C(F)(F)F)c(C)c2)n1. The van der Waals surface area contributed by atoms with E-state index in [4.69, 9.17) is 4.52 Å². The molecule has 3 rings (SSSR count). The lowest BCUT2D eigenvalue weighted by atomic mass is 9.94. The van der Waals surface area contributed by atoms with Crippen LogP contribution in [0.5, 0.6) is 0 Å². The van der Waals surface area contributed by atoms with E-state index in [0.717, 1.165) is 6.07 Å². The van der Waals surface area contributed by atoms with Crippen LogP contribution < -0.4 is 5.32 Å². The van der Waals surface area contributed by atoms with Gasteiger partial charge in [-0.05, 0) is 55.8 Å². The average Bonchev–Trinajstić information content (AvgIpc) is 3.09. The Morgan fingerprint density at radius 3 is 2.52 bits per heavy atom. The molecule has 0 amide bonds. The Morgan fingerprint density at radius 1 is 1.11 bits per heavy atom. The third-order valence-electron chi connectivity index (χ3n) is 4.45. The number of nitrogens with zero attached hydrogens (tertiary/aromatic N) is 2. The number of likely N-dealkylation sites (N-methyl/N-ethyl adjacent to an activating group) is 1. The first-order chi connectivity index (χ1) is 12.8. The zero-order valence-corrected chi connectivity index (χ0v) is 15.3. The molecule has 1 unspecified atom stereocenters. The van der Waals surface area contributed by atoms with E-state index in [1.165, 1.54) is 12.1 Å². The van der Waals surface area contributed by atoms with Crippen LogP contribution in [0.25, 0.3) is 22.6 Å². The molecule has 0 aliphatic rings. The Morgan fingerprint density at radius 2 is 1.85 bits per heavy atom. The van der Waals surface area contributed by atoms with Crippen LogP contribution in [-0.2, 0) is 12.6 Å². The van der Waals surface area contributed by atoms with Crippen LogP contribution in [-0.4, -0.2) is 23.2 Å². The molecule has 142 valence electrons. The largest absolute Gasteiger partial charge is 0.417 e. The topological polar surface area (TPSA) is 51.0 Å². The fraction of sp³-hybridized carbons (Fsp3) is 0.300. The lowest BCUT2D eigenvalue weighted by molar-refractivity contribution is -0.137. The van der Waals surface area contributed by atoms with Crippen molar-refractivity contribution in [2.45, 2.75) is 32.5 Å². The molecule has 4 nitrogen and oxygen atoms in total. The third kappa shape index (κ3) is 4.19. The summed E-state index contributed by atoms with van der Waals surface area (Å²) in [5, 5.41) is 7.06. The molecule has 0 aliphatic carbocycles. The first-order valence-electron chi connectivity index (χ1n) is 8.57. The van der Waals surface area contributed by atoms with Crippen molar-refractivity contribution in [1.82, 2.24) is 15.5 Å². The van der Waals surface area contributed by atoms with Gasteiger partial charge >= 0.3 is 6.18 Å². The van der Waals surface area contributed by atoms with E-state index in [-0.39, 0.29) is 11.6 Å². The molecule has 0 radical (unpaired) electrons. The Kier molecular flexibility index (Phi) is 5.32. The summed E-state index contributed by atoms with van der Waals surface area (Å²) in [7, 11) is 1.85. The van der Waals surface area contributed by atoms with Crippen LogP contribution in [0.2, 0.25) is 0 Å². The van der Waals surface area contributed by atoms with Gasteiger partial charge in [0.25, 0.3) is 5.89 Å². The highest BCUT2D eigenvalue weighted by molar-refractivity contribution is 5.74. The number of halogens is 3. The molecule has 0 fully saturated rings. The molecule has 7 heteroatoms. The van der Waals surface area contributed by atoms with Crippen molar-refractivity contribution in [2.24, 2.45) is 0 Å². The lowest BCUT2D eigenvalue weighted by Gasteiger charge is -2.14. The molecule has 1 aromatic heterocycles. The Bertz CT molecular complexity index is 934. The first kappa shape index (κ1) is 19.1. The molecular formula is C20H20F3N3O. The Hall–Kier alpha value is -2.67. The van der Waals surface area contributed by atoms with Gasteiger partial charge in [-0.25, -0.2) is 0 Å². The van der Waals surface area contributed by atoms with E-state index in [0.29, 0.717) is 34.8 Å². The van der Waals surface area contributed by atoms with Crippen molar-refractivity contribution in [3.8, 4) is 22.6 Å². The number of hydrogen-bond acceptors (Lipinski definition) is 4. The maximum absolute atomic E-state index is 13.3. The molecule has 0 saturated carbocycles. The van der Waals surface area contributed by atoms with E-state index in [1.807, 2.05) is 14.0 Å². The van der Waals surface area contributed by atoms with E-state index < -0.39 is 11.7 Å². The second-order valence-corrected chi connectivity index (χ2v) is 6.48. The number of alkyl halides is 3. The predicted molar refractivity (Wildman–Crippen MR) is 97.1 cm³/mol. The van der Waals surface area contributed by atoms with Gasteiger partial charge < -0.3 is 9.84 Å². The van der Waals surface area contributed by atoms with Crippen molar-refractivity contribution in [1.29, 1.82) is 0 Å². The van der Waals surface area contributed by atoms with Gasteiger partial charge in [0.15, 0.2) is 5.82 Å². The second-order valence-electron chi connectivity index (χ2n) is 6.48. The van der Waals surface area contributed by atoms with Gasteiger partial charge in [-0.1, -0.05) is 29.4 Å². The number of rotatable bonds is 5. The Labute approximate surface area is 155 Å². The summed E-state index contributed by atoms with van der Waals surface area (Å²) in [6.07, 6.45) is -3.79. The minimum Gasteiger partial charge on any atom is -0.334 e. The lowest BCUT2D eigenvalue weighted by Crippen LogP contribution is -2.24. The molecule has 1 N–H and O–H groups in total. The van der Waals surface area contributed by atoms with Gasteiger partial charge in [0.1, 0.15) is 0 Å². The molecule has 2 aromatic carbocycles. The number of hydrogen-bond donors (Lipinski definition) is 1. The summed E-state index contributed by atoms with van der Waals surface area (Å²) in [6, 6.07) is 10.9. The van der Waals surface area contributed by atoms with Gasteiger partial charge in [0, 0.05) is 18.0 Å². The molecule has 0 saturated heterocycles. The number of benzene rings is 2. The molecule has 0 bridgehead atoms. The molecule has 1 heterocycles. The molecule has 3 aromatic rings. The Balaban J connectivity index is 1.94. The summed E-state index contributed by atoms with van der Waals surface area (Å²) >= 11 is 0. The number of nitrogens with one attached hydrogen (secondary N) is 1. The van der Waals surface area contributed by atoms with Crippen molar-refractivity contribution >= 4 is 0 Å². The van der Waals surface area contributed by atoms with E-state index in [9.17, 15) is 13.2 Å². The van der Waals surface area contributed by atoms with Crippen molar-refractivity contribution in [2.75, 3.05) is 7.05 Å². The molecule has 0 spiro atoms. The van der Waals surface area contributed by atoms with Crippen LogP contribution in [0.4, 0.5) is 13.2 Å². The van der Waals surface area contributed by atoms with Crippen molar-refractivity contribution in [3.63, 3.8) is 0 Å². The summed E-state index contributed by atoms with van der Waals surface area (Å²) in [4.78, 5) is 4.37. The number of aromatic nitrogens is 2. The molecule has 1 atom stereocenters. The first-order valence-corrected chi connectivity index (χ1v) is 8.57. The van der Waals surface area contributed by atoms with Crippen molar-refractivity contribution in [3.05, 3.63) is 59.4 Å². The van der Waals surface area contributed by atoms with E-state index in [1.54, 1.807) is 31.2 Å². The molecule has 0 aliphatic heterocycles. The molecule has 27 heavy (non-hydrogen) atoms. The fourth-order valence-electron chi connectivity index (χ4n) is 2.89. The van der Waals surface area contributed by atoms with Crippen LogP contribution in [0.15, 0.2) is 47.0 Å². The van der Waals surface area contributed by atoms with Crippen LogP contribution in [0, 0.1) is 6.92 Å². The standard InChI is InChI=1S/C20H20F3N3O/c1-12-10-14(19-25-18(26-27-19)11-13(2)24-3)8-9-15(12)16-6-4-5-7-17(16)20(21,22)23/h4-10,13,24H,11H2,1-3H3. The van der Waals surface area contributed by atoms with Crippen LogP contribution >= 0.6 is 0 Å². The highest BCUT2D eigenvalue weighted by atomic mass is 19.4. The quantitative estimate of drug-likeness (QED) is 0.690. The molecular weight excluding hydrogens is 355 g/mol. The smallest absolute Gasteiger partial charge is 0.334 e. The van der Waals surface area contributed by atoms with Gasteiger partial charge in [0.2, 0.25) is 0 Å². The number of aryl methyl sites for hydroxylation is 1. The maximum atomic E-state index is 13.3. The highest BCUT2D eigenvalue weighted by Crippen LogP contribution is 2.38. The van der Waals surface area contributed by atoms with Crippen LogP contribution in [0.1, 0.15) is 23.9 Å². The van der Waals surface area contributed by atoms with Gasteiger partial charge in [0.05, 0.1) is 5.56 Å². The minimum absolute atomic E-state index is 0.156. The third-order valence-corrected chi connectivity index (χ3v) is 4.45. The predicted octanol–water partition coefficient (Wildman–Crippen LogP) is 4.88. The zero-order valence-electron chi connectivity index (χ0n) is 15.3. The van der Waals surface area contributed by atoms with E-state index >= 15 is 0 Å². The summed E-state index contributed by atoms with van der Waals surface area (Å²) in [6.45, 7) is 3.78. The average molecular weight is 375 g/mol. The summed E-state index contributed by atoms with van der Waals surface area (Å²) in [5.74, 6) is 0.933. The monoisotopic (exact) mass is 375 g/mol. The van der Waals surface area contributed by atoms with Gasteiger partial charge in [-0.15, -0.1) is 0 Å².